The van der Waals surface area contributed by atoms with Crippen molar-refractivity contribution in [3.05, 3.63) is 58.8 Å². The summed E-state index contributed by atoms with van der Waals surface area (Å²) >= 11 is 7.64. The molecule has 1 aromatic heterocycles. The van der Waals surface area contributed by atoms with Gasteiger partial charge in [0.1, 0.15) is 11.6 Å². The van der Waals surface area contributed by atoms with Crippen LogP contribution >= 0.6 is 23.4 Å². The number of furan rings is 1. The summed E-state index contributed by atoms with van der Waals surface area (Å²) in [6.07, 6.45) is 1.64. The zero-order valence-electron chi connectivity index (χ0n) is 13.8. The summed E-state index contributed by atoms with van der Waals surface area (Å²) in [6, 6.07) is 8.49. The van der Waals surface area contributed by atoms with Crippen LogP contribution < -0.4 is 0 Å². The second-order valence-electron chi connectivity index (χ2n) is 5.93. The number of hydrogen-bond acceptors (Lipinski definition) is 4. The fraction of sp³-hybridized carbons (Fsp3) is 0.389. The second kappa shape index (κ2) is 8.74. The van der Waals surface area contributed by atoms with Gasteiger partial charge in [-0.05, 0) is 24.3 Å². The van der Waals surface area contributed by atoms with Crippen molar-refractivity contribution in [1.29, 1.82) is 0 Å². The average molecular weight is 383 g/mol. The fourth-order valence-corrected chi connectivity index (χ4v) is 3.83. The van der Waals surface area contributed by atoms with Crippen LogP contribution in [0.5, 0.6) is 0 Å². The normalized spacial score (nSPS) is 15.5. The Bertz CT molecular complexity index is 683. The third-order valence-electron chi connectivity index (χ3n) is 4.22. The molecule has 1 amide bonds. The van der Waals surface area contributed by atoms with E-state index in [1.165, 1.54) is 6.07 Å². The molecule has 0 N–H and O–H groups in total. The number of halogens is 2. The van der Waals surface area contributed by atoms with E-state index in [0.717, 1.165) is 18.8 Å². The van der Waals surface area contributed by atoms with Gasteiger partial charge in [0.25, 0.3) is 0 Å². The molecule has 134 valence electrons. The standard InChI is InChI=1S/C18H20ClFN2O2S/c19-16-4-1-5-17(20)15(16)11-21-6-8-22(9-7-21)18(23)13-25-12-14-3-2-10-24-14/h1-5,10H,6-9,11-13H2. The summed E-state index contributed by atoms with van der Waals surface area (Å²) in [5.41, 5.74) is 0.526. The molecule has 0 spiro atoms. The van der Waals surface area contributed by atoms with E-state index in [2.05, 4.69) is 4.90 Å². The van der Waals surface area contributed by atoms with Gasteiger partial charge < -0.3 is 9.32 Å². The molecule has 1 fully saturated rings. The summed E-state index contributed by atoms with van der Waals surface area (Å²) in [4.78, 5) is 16.3. The molecule has 2 heterocycles. The van der Waals surface area contributed by atoms with Gasteiger partial charge in [0.15, 0.2) is 0 Å². The van der Waals surface area contributed by atoms with Crippen LogP contribution in [0.2, 0.25) is 5.02 Å². The van der Waals surface area contributed by atoms with Gasteiger partial charge in [0, 0.05) is 43.3 Å². The van der Waals surface area contributed by atoms with Crippen molar-refractivity contribution < 1.29 is 13.6 Å². The van der Waals surface area contributed by atoms with Gasteiger partial charge in [-0.3, -0.25) is 9.69 Å². The molecule has 0 aliphatic carbocycles. The van der Waals surface area contributed by atoms with Crippen LogP contribution in [0.1, 0.15) is 11.3 Å². The SMILES string of the molecule is O=C(CSCc1ccco1)N1CCN(Cc2c(F)cccc2Cl)CC1. The van der Waals surface area contributed by atoms with E-state index in [1.807, 2.05) is 17.0 Å². The predicted octanol–water partition coefficient (Wildman–Crippen LogP) is 3.65. The topological polar surface area (TPSA) is 36.7 Å². The monoisotopic (exact) mass is 382 g/mol. The molecule has 0 saturated carbocycles. The summed E-state index contributed by atoms with van der Waals surface area (Å²) in [7, 11) is 0. The zero-order valence-corrected chi connectivity index (χ0v) is 15.4. The molecule has 2 aromatic rings. The third-order valence-corrected chi connectivity index (χ3v) is 5.51. The van der Waals surface area contributed by atoms with Crippen LogP contribution in [-0.4, -0.2) is 47.6 Å². The van der Waals surface area contributed by atoms with Crippen LogP contribution in [0, 0.1) is 5.82 Å². The van der Waals surface area contributed by atoms with E-state index in [0.29, 0.717) is 41.7 Å². The Morgan fingerprint density at radius 2 is 2.00 bits per heavy atom. The van der Waals surface area contributed by atoms with Crippen LogP contribution in [0.15, 0.2) is 41.0 Å². The zero-order chi connectivity index (χ0) is 17.6. The van der Waals surface area contributed by atoms with Crippen molar-refractivity contribution in [3.63, 3.8) is 0 Å². The molecular formula is C18H20ClFN2O2S. The lowest BCUT2D eigenvalue weighted by Gasteiger charge is -2.35. The minimum atomic E-state index is -0.277. The molecule has 0 bridgehead atoms. The highest BCUT2D eigenvalue weighted by Gasteiger charge is 2.22. The molecule has 3 rings (SSSR count). The van der Waals surface area contributed by atoms with Crippen molar-refractivity contribution in [3.8, 4) is 0 Å². The van der Waals surface area contributed by atoms with Crippen molar-refractivity contribution in [2.24, 2.45) is 0 Å². The maximum Gasteiger partial charge on any atom is 0.232 e. The Hall–Kier alpha value is -1.50. The van der Waals surface area contributed by atoms with E-state index in [4.69, 9.17) is 16.0 Å². The lowest BCUT2D eigenvalue weighted by Crippen LogP contribution is -2.48. The maximum absolute atomic E-state index is 13.9. The van der Waals surface area contributed by atoms with Crippen molar-refractivity contribution in [1.82, 2.24) is 9.80 Å². The fourth-order valence-electron chi connectivity index (χ4n) is 2.79. The summed E-state index contributed by atoms with van der Waals surface area (Å²) in [6.45, 7) is 3.23. The Kier molecular flexibility index (Phi) is 6.39. The summed E-state index contributed by atoms with van der Waals surface area (Å²) in [5.74, 6) is 1.88. The summed E-state index contributed by atoms with van der Waals surface area (Å²) < 4.78 is 19.1. The van der Waals surface area contributed by atoms with Crippen molar-refractivity contribution in [2.45, 2.75) is 12.3 Å². The van der Waals surface area contributed by atoms with Crippen LogP contribution in [-0.2, 0) is 17.1 Å². The van der Waals surface area contributed by atoms with Gasteiger partial charge in [0.2, 0.25) is 5.91 Å². The highest BCUT2D eigenvalue weighted by Crippen LogP contribution is 2.21. The first-order valence-corrected chi connectivity index (χ1v) is 9.70. The van der Waals surface area contributed by atoms with Gasteiger partial charge in [-0.2, -0.15) is 0 Å². The largest absolute Gasteiger partial charge is 0.468 e. The first-order chi connectivity index (χ1) is 12.1. The molecule has 4 nitrogen and oxygen atoms in total. The number of hydrogen-bond donors (Lipinski definition) is 0. The van der Waals surface area contributed by atoms with Crippen LogP contribution in [0.3, 0.4) is 0 Å². The Labute approximate surface area is 155 Å². The predicted molar refractivity (Wildman–Crippen MR) is 98.1 cm³/mol. The summed E-state index contributed by atoms with van der Waals surface area (Å²) in [5, 5.41) is 0.452. The molecular weight excluding hydrogens is 363 g/mol. The number of carbonyl (C=O) groups excluding carboxylic acids is 1. The molecule has 1 aliphatic rings. The average Bonchev–Trinajstić information content (AvgIpc) is 3.12. The van der Waals surface area contributed by atoms with Gasteiger partial charge in [0.05, 0.1) is 17.8 Å². The van der Waals surface area contributed by atoms with Gasteiger partial charge in [-0.15, -0.1) is 11.8 Å². The third kappa shape index (κ3) is 5.00. The lowest BCUT2D eigenvalue weighted by molar-refractivity contribution is -0.130. The van der Waals surface area contributed by atoms with E-state index in [9.17, 15) is 9.18 Å². The number of nitrogens with zero attached hydrogens (tertiary/aromatic N) is 2. The molecule has 25 heavy (non-hydrogen) atoms. The Balaban J connectivity index is 1.43. The molecule has 1 aliphatic heterocycles. The van der Waals surface area contributed by atoms with Crippen molar-refractivity contribution in [2.75, 3.05) is 31.9 Å². The van der Waals surface area contributed by atoms with Gasteiger partial charge in [-0.1, -0.05) is 17.7 Å². The van der Waals surface area contributed by atoms with Crippen LogP contribution in [0.4, 0.5) is 4.39 Å². The highest BCUT2D eigenvalue weighted by molar-refractivity contribution is 7.99. The van der Waals surface area contributed by atoms with E-state index in [1.54, 1.807) is 30.2 Å². The molecule has 1 aromatic carbocycles. The first-order valence-electron chi connectivity index (χ1n) is 8.16. The quantitative estimate of drug-likeness (QED) is 0.764. The molecule has 7 heteroatoms. The van der Waals surface area contributed by atoms with Crippen LogP contribution in [0.25, 0.3) is 0 Å². The number of rotatable bonds is 6. The van der Waals surface area contributed by atoms with E-state index < -0.39 is 0 Å². The van der Waals surface area contributed by atoms with E-state index >= 15 is 0 Å². The molecule has 0 unspecified atom stereocenters. The van der Waals surface area contributed by atoms with E-state index in [-0.39, 0.29) is 11.7 Å². The lowest BCUT2D eigenvalue weighted by atomic mass is 10.2. The number of carbonyl (C=O) groups is 1. The molecule has 1 saturated heterocycles. The Morgan fingerprint density at radius 1 is 1.20 bits per heavy atom. The number of amides is 1. The number of benzene rings is 1. The maximum atomic E-state index is 13.9. The first kappa shape index (κ1) is 18.3. The minimum Gasteiger partial charge on any atom is -0.468 e. The van der Waals surface area contributed by atoms with Gasteiger partial charge >= 0.3 is 0 Å². The second-order valence-corrected chi connectivity index (χ2v) is 7.32. The highest BCUT2D eigenvalue weighted by atomic mass is 35.5. The molecule has 0 radical (unpaired) electrons. The smallest absolute Gasteiger partial charge is 0.232 e. The Morgan fingerprint density at radius 3 is 2.68 bits per heavy atom. The number of piperazine rings is 1. The number of thioether (sulfide) groups is 1. The molecule has 0 atom stereocenters. The van der Waals surface area contributed by atoms with Gasteiger partial charge in [-0.25, -0.2) is 4.39 Å². The van der Waals surface area contributed by atoms with Crippen molar-refractivity contribution >= 4 is 29.3 Å². The minimum absolute atomic E-state index is 0.139.